The summed E-state index contributed by atoms with van der Waals surface area (Å²) in [5.41, 5.74) is 3.02. The van der Waals surface area contributed by atoms with Crippen LogP contribution in [0.1, 0.15) is 0 Å². The number of aromatic nitrogens is 1. The maximum absolute atomic E-state index is 15.2. The molecule has 12 nitrogen and oxygen atoms in total. The molecule has 1 fully saturated rings. The summed E-state index contributed by atoms with van der Waals surface area (Å²) in [7, 11) is 2.97. The number of nitrogens with zero attached hydrogens (tertiary/aromatic N) is 3. The molecule has 4 amide bonds. The number of fused-ring (bicyclic) bond motifs is 1. The summed E-state index contributed by atoms with van der Waals surface area (Å²) in [6, 6.07) is 10.5. The molecule has 1 aromatic heterocycles. The third kappa shape index (κ3) is 5.86. The fourth-order valence-electron chi connectivity index (χ4n) is 4.40. The maximum Gasteiger partial charge on any atom is 0.345 e. The zero-order chi connectivity index (χ0) is 30.7. The minimum atomic E-state index is -1.64. The predicted octanol–water partition coefficient (Wildman–Crippen LogP) is 3.60. The minimum absolute atomic E-state index is 0.00520. The molecule has 4 aromatic rings. The molecule has 3 N–H and O–H groups in total. The molecule has 1 atom stereocenters. The van der Waals surface area contributed by atoms with E-state index in [1.165, 1.54) is 44.7 Å². The Bertz CT molecular complexity index is 1700. The van der Waals surface area contributed by atoms with Crippen molar-refractivity contribution >= 4 is 40.1 Å². The Kier molecular flexibility index (Phi) is 8.32. The number of rotatable bonds is 9. The van der Waals surface area contributed by atoms with Gasteiger partial charge in [-0.3, -0.25) is 19.6 Å². The Labute approximate surface area is 243 Å². The number of hydrogen-bond donors (Lipinski definition) is 3. The number of hydrazine groups is 1. The molecule has 3 aromatic carbocycles. The average Bonchev–Trinajstić information content (AvgIpc) is 3.00. The molecule has 1 aliphatic heterocycles. The molecule has 1 saturated heterocycles. The highest BCUT2D eigenvalue weighted by Gasteiger charge is 2.43. The van der Waals surface area contributed by atoms with E-state index in [-0.39, 0.29) is 29.4 Å². The standard InChI is InChI=1S/C29H25F2N5O7/c1-41-24-14-19-21(15-25(24)42-2)32-10-9-22(19)43-23-8-5-17(13-20(23)31)33-27(38)26-28(39)36(18-6-3-16(30)4-7-18)29(40)35(34-26)11-12-37/h3-10,13-15,26,34,37H,11-12H2,1-2H3,(H,33,38). The van der Waals surface area contributed by atoms with Crippen molar-refractivity contribution in [3.8, 4) is 23.0 Å². The van der Waals surface area contributed by atoms with Gasteiger partial charge in [0, 0.05) is 29.4 Å². The van der Waals surface area contributed by atoms with Crippen molar-refractivity contribution in [2.45, 2.75) is 6.04 Å². The molecule has 1 aliphatic rings. The van der Waals surface area contributed by atoms with Crippen LogP contribution in [0.5, 0.6) is 23.0 Å². The number of anilines is 2. The predicted molar refractivity (Wildman–Crippen MR) is 150 cm³/mol. The first kappa shape index (κ1) is 29.2. The van der Waals surface area contributed by atoms with Gasteiger partial charge < -0.3 is 24.6 Å². The molecular weight excluding hydrogens is 568 g/mol. The highest BCUT2D eigenvalue weighted by atomic mass is 19.1. The molecule has 0 saturated carbocycles. The van der Waals surface area contributed by atoms with E-state index in [0.717, 1.165) is 23.2 Å². The highest BCUT2D eigenvalue weighted by molar-refractivity contribution is 6.25. The number of pyridine rings is 1. The molecule has 0 aliphatic carbocycles. The Morgan fingerprint density at radius 1 is 0.977 bits per heavy atom. The summed E-state index contributed by atoms with van der Waals surface area (Å²) in [4.78, 5) is 44.2. The largest absolute Gasteiger partial charge is 0.493 e. The van der Waals surface area contributed by atoms with Crippen molar-refractivity contribution < 1.29 is 42.5 Å². The Morgan fingerprint density at radius 3 is 2.37 bits per heavy atom. The monoisotopic (exact) mass is 593 g/mol. The number of methoxy groups -OCH3 is 2. The van der Waals surface area contributed by atoms with Crippen LogP contribution in [0.15, 0.2) is 66.9 Å². The fraction of sp³-hybridized carbons (Fsp3) is 0.172. The van der Waals surface area contributed by atoms with Gasteiger partial charge >= 0.3 is 6.03 Å². The lowest BCUT2D eigenvalue weighted by atomic mass is 10.1. The molecule has 43 heavy (non-hydrogen) atoms. The number of carbonyl (C=O) groups excluding carboxylic acids is 3. The first-order valence-corrected chi connectivity index (χ1v) is 12.8. The number of halogens is 2. The van der Waals surface area contributed by atoms with E-state index in [4.69, 9.17) is 14.2 Å². The maximum atomic E-state index is 15.2. The molecule has 5 rings (SSSR count). The first-order chi connectivity index (χ1) is 20.7. The van der Waals surface area contributed by atoms with Crippen LogP contribution in [0.4, 0.5) is 25.0 Å². The van der Waals surface area contributed by atoms with E-state index < -0.39 is 42.1 Å². The second kappa shape index (κ2) is 12.3. The Balaban J connectivity index is 1.36. The number of imide groups is 1. The van der Waals surface area contributed by atoms with E-state index in [0.29, 0.717) is 27.3 Å². The molecular formula is C29H25F2N5O7. The van der Waals surface area contributed by atoms with Gasteiger partial charge in [-0.15, -0.1) is 0 Å². The normalized spacial score (nSPS) is 15.0. The average molecular weight is 594 g/mol. The van der Waals surface area contributed by atoms with Crippen LogP contribution in [0.25, 0.3) is 10.9 Å². The summed E-state index contributed by atoms with van der Waals surface area (Å²) in [5.74, 6) is -2.27. The fourth-order valence-corrected chi connectivity index (χ4v) is 4.40. The van der Waals surface area contributed by atoms with Gasteiger partial charge in [-0.05, 0) is 48.5 Å². The number of aliphatic hydroxyl groups is 1. The SMILES string of the molecule is COc1cc2nccc(Oc3ccc(NC(=O)C4NN(CCO)C(=O)N(c5ccc(F)cc5)C4=O)cc3F)c2cc1OC. The molecule has 2 heterocycles. The molecule has 0 spiro atoms. The number of aliphatic hydroxyl groups excluding tert-OH is 1. The number of benzene rings is 3. The molecule has 222 valence electrons. The minimum Gasteiger partial charge on any atom is -0.493 e. The van der Waals surface area contributed by atoms with Gasteiger partial charge in [-0.1, -0.05) is 0 Å². The van der Waals surface area contributed by atoms with Gasteiger partial charge in [0.1, 0.15) is 11.6 Å². The number of nitrogens with one attached hydrogen (secondary N) is 2. The second-order valence-corrected chi connectivity index (χ2v) is 9.14. The van der Waals surface area contributed by atoms with Crippen molar-refractivity contribution in [3.05, 3.63) is 78.5 Å². The van der Waals surface area contributed by atoms with Crippen LogP contribution < -0.4 is 29.9 Å². The van der Waals surface area contributed by atoms with Gasteiger partial charge in [0.15, 0.2) is 29.1 Å². The number of urea groups is 1. The van der Waals surface area contributed by atoms with Crippen molar-refractivity contribution in [1.29, 1.82) is 0 Å². The summed E-state index contributed by atoms with van der Waals surface area (Å²) >= 11 is 0. The van der Waals surface area contributed by atoms with Gasteiger partial charge in [0.2, 0.25) is 0 Å². The lowest BCUT2D eigenvalue weighted by Crippen LogP contribution is -2.69. The lowest BCUT2D eigenvalue weighted by molar-refractivity contribution is -0.131. The van der Waals surface area contributed by atoms with E-state index in [2.05, 4.69) is 15.7 Å². The van der Waals surface area contributed by atoms with E-state index in [1.54, 1.807) is 18.2 Å². The smallest absolute Gasteiger partial charge is 0.345 e. The van der Waals surface area contributed by atoms with Crippen LogP contribution >= 0.6 is 0 Å². The molecule has 1 unspecified atom stereocenters. The Hall–Kier alpha value is -5.34. The summed E-state index contributed by atoms with van der Waals surface area (Å²) in [5, 5.41) is 13.2. The van der Waals surface area contributed by atoms with Gasteiger partial charge in [0.05, 0.1) is 38.6 Å². The number of amides is 4. The van der Waals surface area contributed by atoms with Crippen molar-refractivity contribution in [1.82, 2.24) is 15.4 Å². The second-order valence-electron chi connectivity index (χ2n) is 9.14. The number of β-amino-alcohol motifs (C(OH)–C–C–N with tert-alkyl or cyclic N) is 1. The Morgan fingerprint density at radius 2 is 1.70 bits per heavy atom. The van der Waals surface area contributed by atoms with Crippen LogP contribution in [-0.2, 0) is 9.59 Å². The summed E-state index contributed by atoms with van der Waals surface area (Å²) in [6.07, 6.45) is 1.49. The van der Waals surface area contributed by atoms with Crippen LogP contribution in [0.2, 0.25) is 0 Å². The van der Waals surface area contributed by atoms with Crippen molar-refractivity contribution in [3.63, 3.8) is 0 Å². The van der Waals surface area contributed by atoms with Crippen LogP contribution in [0, 0.1) is 11.6 Å². The third-order valence-corrected chi connectivity index (χ3v) is 6.47. The van der Waals surface area contributed by atoms with E-state index >= 15 is 4.39 Å². The third-order valence-electron chi connectivity index (χ3n) is 6.47. The van der Waals surface area contributed by atoms with Gasteiger partial charge in [-0.25, -0.2) is 23.9 Å². The van der Waals surface area contributed by atoms with Gasteiger partial charge in [0.25, 0.3) is 11.8 Å². The number of carbonyl (C=O) groups is 3. The zero-order valence-corrected chi connectivity index (χ0v) is 22.8. The summed E-state index contributed by atoms with van der Waals surface area (Å²) in [6.45, 7) is -0.727. The van der Waals surface area contributed by atoms with Crippen molar-refractivity contribution in [2.75, 3.05) is 37.6 Å². The number of hydrogen-bond acceptors (Lipinski definition) is 9. The quantitative estimate of drug-likeness (QED) is 0.248. The lowest BCUT2D eigenvalue weighted by Gasteiger charge is -2.38. The van der Waals surface area contributed by atoms with E-state index in [9.17, 15) is 23.9 Å². The van der Waals surface area contributed by atoms with E-state index in [1.807, 2.05) is 0 Å². The molecule has 14 heteroatoms. The van der Waals surface area contributed by atoms with Gasteiger partial charge in [-0.2, -0.15) is 0 Å². The molecule has 0 radical (unpaired) electrons. The van der Waals surface area contributed by atoms with Crippen molar-refractivity contribution in [2.24, 2.45) is 0 Å². The van der Waals surface area contributed by atoms with Crippen LogP contribution in [-0.4, -0.2) is 66.4 Å². The summed E-state index contributed by atoms with van der Waals surface area (Å²) < 4.78 is 45.1. The molecule has 0 bridgehead atoms. The number of ether oxygens (including phenoxy) is 3. The zero-order valence-electron chi connectivity index (χ0n) is 22.8. The first-order valence-electron chi connectivity index (χ1n) is 12.8. The topological polar surface area (TPSA) is 143 Å². The highest BCUT2D eigenvalue weighted by Crippen LogP contribution is 2.37. The van der Waals surface area contributed by atoms with Crippen LogP contribution in [0.3, 0.4) is 0 Å².